The second kappa shape index (κ2) is 5.41. The van der Waals surface area contributed by atoms with Crippen LogP contribution in [0.3, 0.4) is 0 Å². The molecule has 3 rings (SSSR count). The first kappa shape index (κ1) is 12.8. The van der Waals surface area contributed by atoms with Gasteiger partial charge in [0.15, 0.2) is 0 Å². The van der Waals surface area contributed by atoms with E-state index in [4.69, 9.17) is 10.5 Å². The fourth-order valence-corrected chi connectivity index (χ4v) is 1.68. The van der Waals surface area contributed by atoms with Crippen molar-refractivity contribution >= 4 is 17.6 Å². The van der Waals surface area contributed by atoms with Crippen molar-refractivity contribution in [2.75, 3.05) is 18.2 Å². The Morgan fingerprint density at radius 1 is 1.24 bits per heavy atom. The number of anilines is 3. The van der Waals surface area contributed by atoms with Crippen molar-refractivity contribution in [1.29, 1.82) is 0 Å². The van der Waals surface area contributed by atoms with Gasteiger partial charge >= 0.3 is 0 Å². The van der Waals surface area contributed by atoms with E-state index in [0.29, 0.717) is 5.95 Å². The number of nitrogens with two attached hydrogens (primary N) is 1. The van der Waals surface area contributed by atoms with E-state index in [1.54, 1.807) is 7.11 Å². The topological polar surface area (TPSA) is 117 Å². The second-order valence-corrected chi connectivity index (χ2v) is 4.01. The molecule has 3 N–H and O–H groups in total. The molecule has 0 fully saturated rings. The Morgan fingerprint density at radius 2 is 2.14 bits per heavy atom. The van der Waals surface area contributed by atoms with Gasteiger partial charge in [-0.1, -0.05) is 6.07 Å². The van der Waals surface area contributed by atoms with Gasteiger partial charge in [0, 0.05) is 11.8 Å². The average molecular weight is 284 g/mol. The summed E-state index contributed by atoms with van der Waals surface area (Å²) >= 11 is 0. The van der Waals surface area contributed by atoms with E-state index in [1.165, 1.54) is 17.3 Å². The summed E-state index contributed by atoms with van der Waals surface area (Å²) < 4.78 is 6.56. The van der Waals surface area contributed by atoms with Crippen molar-refractivity contribution in [3.05, 3.63) is 36.9 Å². The molecule has 21 heavy (non-hydrogen) atoms. The Labute approximate surface area is 119 Å². The maximum atomic E-state index is 5.69. The molecule has 0 unspecified atom stereocenters. The summed E-state index contributed by atoms with van der Waals surface area (Å²) in [5.74, 6) is 1.39. The molecule has 0 bridgehead atoms. The van der Waals surface area contributed by atoms with Crippen LogP contribution < -0.4 is 15.8 Å². The van der Waals surface area contributed by atoms with E-state index in [2.05, 4.69) is 30.4 Å². The smallest absolute Gasteiger partial charge is 0.258 e. The molecule has 9 heteroatoms. The number of rotatable bonds is 4. The lowest BCUT2D eigenvalue weighted by molar-refractivity contribution is 0.415. The minimum atomic E-state index is 0.0842. The minimum absolute atomic E-state index is 0.0842. The van der Waals surface area contributed by atoms with Gasteiger partial charge in [-0.05, 0) is 12.1 Å². The fourth-order valence-electron chi connectivity index (χ4n) is 1.68. The second-order valence-electron chi connectivity index (χ2n) is 4.01. The van der Waals surface area contributed by atoms with Crippen LogP contribution in [-0.4, -0.2) is 36.8 Å². The largest absolute Gasteiger partial charge is 0.497 e. The number of methoxy groups -OCH3 is 1. The van der Waals surface area contributed by atoms with Crippen LogP contribution in [0.5, 0.6) is 5.75 Å². The Hall–Kier alpha value is -3.23. The molecule has 0 saturated heterocycles. The first-order chi connectivity index (χ1) is 10.2. The van der Waals surface area contributed by atoms with Gasteiger partial charge in [-0.15, -0.1) is 0 Å². The Kier molecular flexibility index (Phi) is 3.29. The molecule has 3 aromatic rings. The number of benzene rings is 1. The van der Waals surface area contributed by atoms with Gasteiger partial charge in [-0.25, -0.2) is 4.98 Å². The molecule has 1 aromatic carbocycles. The summed E-state index contributed by atoms with van der Waals surface area (Å²) in [6.07, 6.45) is 2.86. The zero-order valence-electron chi connectivity index (χ0n) is 11.1. The van der Waals surface area contributed by atoms with Gasteiger partial charge in [0.05, 0.1) is 7.11 Å². The van der Waals surface area contributed by atoms with E-state index in [-0.39, 0.29) is 11.9 Å². The van der Waals surface area contributed by atoms with Gasteiger partial charge in [-0.3, -0.25) is 0 Å². The third kappa shape index (κ3) is 2.86. The van der Waals surface area contributed by atoms with E-state index < -0.39 is 0 Å². The monoisotopic (exact) mass is 284 g/mol. The van der Waals surface area contributed by atoms with Crippen LogP contribution in [0.2, 0.25) is 0 Å². The molecule has 0 aliphatic rings. The summed E-state index contributed by atoms with van der Waals surface area (Å²) in [7, 11) is 1.60. The van der Waals surface area contributed by atoms with Gasteiger partial charge in [0.1, 0.15) is 18.4 Å². The molecule has 2 aromatic heterocycles. The zero-order chi connectivity index (χ0) is 14.7. The molecular weight excluding hydrogens is 272 g/mol. The van der Waals surface area contributed by atoms with Crippen molar-refractivity contribution in [2.45, 2.75) is 0 Å². The molecule has 0 spiro atoms. The number of ether oxygens (including phenoxy) is 1. The maximum Gasteiger partial charge on any atom is 0.258 e. The van der Waals surface area contributed by atoms with E-state index >= 15 is 0 Å². The number of hydrogen-bond donors (Lipinski definition) is 2. The summed E-state index contributed by atoms with van der Waals surface area (Å²) in [4.78, 5) is 16.1. The molecule has 2 heterocycles. The van der Waals surface area contributed by atoms with Crippen LogP contribution in [-0.2, 0) is 0 Å². The highest BCUT2D eigenvalue weighted by Gasteiger charge is 2.07. The third-order valence-electron chi connectivity index (χ3n) is 2.59. The van der Waals surface area contributed by atoms with Crippen LogP contribution >= 0.6 is 0 Å². The lowest BCUT2D eigenvalue weighted by Crippen LogP contribution is -2.09. The Morgan fingerprint density at radius 3 is 2.90 bits per heavy atom. The fraction of sp³-hybridized carbons (Fsp3) is 0.0833. The van der Waals surface area contributed by atoms with Gasteiger partial charge in [0.2, 0.25) is 11.9 Å². The highest BCUT2D eigenvalue weighted by molar-refractivity contribution is 5.56. The van der Waals surface area contributed by atoms with Crippen molar-refractivity contribution in [2.24, 2.45) is 0 Å². The minimum Gasteiger partial charge on any atom is -0.497 e. The molecule has 9 nitrogen and oxygen atoms in total. The lowest BCUT2D eigenvalue weighted by Gasteiger charge is -2.08. The summed E-state index contributed by atoms with van der Waals surface area (Å²) in [6, 6.07) is 7.37. The van der Waals surface area contributed by atoms with E-state index in [0.717, 1.165) is 11.4 Å². The predicted molar refractivity (Wildman–Crippen MR) is 75.4 cm³/mol. The number of nitrogens with zero attached hydrogens (tertiary/aromatic N) is 6. The van der Waals surface area contributed by atoms with Crippen molar-refractivity contribution in [3.63, 3.8) is 0 Å². The molecule has 106 valence electrons. The number of aromatic nitrogens is 6. The Balaban J connectivity index is 1.91. The first-order valence-corrected chi connectivity index (χ1v) is 6.02. The predicted octanol–water partition coefficient (Wildman–Crippen LogP) is 0.787. The van der Waals surface area contributed by atoms with Crippen LogP contribution in [0, 0.1) is 0 Å². The normalized spacial score (nSPS) is 10.3. The van der Waals surface area contributed by atoms with Crippen LogP contribution in [0.25, 0.3) is 5.95 Å². The standard InChI is InChI=1S/C12H12N8O/c1-21-9-4-2-3-8(5-9)16-11-17-10(13)18-12(19-11)20-7-14-6-15-20/h2-7H,1H3,(H3,13,16,17,18,19). The third-order valence-corrected chi connectivity index (χ3v) is 2.59. The Bertz CT molecular complexity index is 743. The quantitative estimate of drug-likeness (QED) is 0.722. The molecule has 0 aliphatic heterocycles. The summed E-state index contributed by atoms with van der Waals surface area (Å²) in [6.45, 7) is 0. The van der Waals surface area contributed by atoms with Gasteiger partial charge in [0.25, 0.3) is 5.95 Å². The SMILES string of the molecule is COc1cccc(Nc2nc(N)nc(-n3cncn3)n2)c1. The molecule has 0 radical (unpaired) electrons. The lowest BCUT2D eigenvalue weighted by atomic mass is 10.3. The zero-order valence-corrected chi connectivity index (χ0v) is 11.1. The highest BCUT2D eigenvalue weighted by atomic mass is 16.5. The molecule has 0 atom stereocenters. The average Bonchev–Trinajstić information content (AvgIpc) is 3.01. The van der Waals surface area contributed by atoms with E-state index in [9.17, 15) is 0 Å². The number of nitrogens with one attached hydrogen (secondary N) is 1. The summed E-state index contributed by atoms with van der Waals surface area (Å²) in [5.41, 5.74) is 6.45. The van der Waals surface area contributed by atoms with Crippen LogP contribution in [0.15, 0.2) is 36.9 Å². The van der Waals surface area contributed by atoms with Crippen LogP contribution in [0.4, 0.5) is 17.6 Å². The van der Waals surface area contributed by atoms with E-state index in [1.807, 2.05) is 24.3 Å². The van der Waals surface area contributed by atoms with Crippen molar-refractivity contribution in [3.8, 4) is 11.7 Å². The molecular formula is C12H12N8O. The van der Waals surface area contributed by atoms with Crippen molar-refractivity contribution in [1.82, 2.24) is 29.7 Å². The van der Waals surface area contributed by atoms with Crippen LogP contribution in [0.1, 0.15) is 0 Å². The first-order valence-electron chi connectivity index (χ1n) is 6.02. The molecule has 0 saturated carbocycles. The molecule has 0 amide bonds. The highest BCUT2D eigenvalue weighted by Crippen LogP contribution is 2.19. The molecule has 0 aliphatic carbocycles. The maximum absolute atomic E-state index is 5.69. The number of nitrogen functional groups attached to an aromatic ring is 1. The summed E-state index contributed by atoms with van der Waals surface area (Å²) in [5, 5.41) is 6.99. The van der Waals surface area contributed by atoms with Gasteiger partial charge < -0.3 is 15.8 Å². The van der Waals surface area contributed by atoms with Crippen molar-refractivity contribution < 1.29 is 4.74 Å². The van der Waals surface area contributed by atoms with Gasteiger partial charge in [-0.2, -0.15) is 24.7 Å². The number of hydrogen-bond acceptors (Lipinski definition) is 8.